The number of amides is 1. The van der Waals surface area contributed by atoms with Crippen LogP contribution < -0.4 is 0 Å². The van der Waals surface area contributed by atoms with Crippen molar-refractivity contribution in [2.45, 2.75) is 32.2 Å². The molecule has 1 aromatic carbocycles. The van der Waals surface area contributed by atoms with E-state index in [1.807, 2.05) is 48.0 Å². The number of para-hydroxylation sites is 1. The van der Waals surface area contributed by atoms with Gasteiger partial charge < -0.3 is 9.42 Å². The normalized spacial score (nSPS) is 13.8. The second-order valence-corrected chi connectivity index (χ2v) is 6.56. The lowest BCUT2D eigenvalue weighted by Gasteiger charge is -2.16. The van der Waals surface area contributed by atoms with Crippen molar-refractivity contribution < 1.29 is 9.32 Å². The summed E-state index contributed by atoms with van der Waals surface area (Å²) in [5.41, 5.74) is 3.42. The Bertz CT molecular complexity index is 893. The molecular weight excluding hydrogens is 316 g/mol. The van der Waals surface area contributed by atoms with Gasteiger partial charge in [0.2, 0.25) is 0 Å². The Labute approximate surface area is 146 Å². The van der Waals surface area contributed by atoms with E-state index in [0.29, 0.717) is 18.0 Å². The Kier molecular flexibility index (Phi) is 3.87. The minimum atomic E-state index is -0.0373. The number of hydrogen-bond acceptors (Lipinski definition) is 4. The molecule has 3 aromatic rings. The lowest BCUT2D eigenvalue weighted by molar-refractivity contribution is 0.0781. The second-order valence-electron chi connectivity index (χ2n) is 6.56. The minimum absolute atomic E-state index is 0.0373. The third-order valence-corrected chi connectivity index (χ3v) is 4.42. The van der Waals surface area contributed by atoms with Gasteiger partial charge in [-0.25, -0.2) is 4.68 Å². The predicted octanol–water partition coefficient (Wildman–Crippen LogP) is 3.32. The van der Waals surface area contributed by atoms with Crippen LogP contribution in [-0.2, 0) is 6.54 Å². The molecule has 0 unspecified atom stereocenters. The standard InChI is InChI=1S/C19H20N4O2/c1-13-10-15(21-25-13)12-22(2)19(24)17-11-20-23(18(17)14-8-9-14)16-6-4-3-5-7-16/h3-7,10-11,14H,8-9,12H2,1-2H3. The predicted molar refractivity (Wildman–Crippen MR) is 92.6 cm³/mol. The summed E-state index contributed by atoms with van der Waals surface area (Å²) in [4.78, 5) is 14.6. The monoisotopic (exact) mass is 336 g/mol. The van der Waals surface area contributed by atoms with Crippen LogP contribution in [0.15, 0.2) is 47.1 Å². The van der Waals surface area contributed by atoms with Gasteiger partial charge in [0.25, 0.3) is 5.91 Å². The van der Waals surface area contributed by atoms with Gasteiger partial charge in [-0.2, -0.15) is 5.10 Å². The lowest BCUT2D eigenvalue weighted by Crippen LogP contribution is -2.27. The molecule has 1 fully saturated rings. The van der Waals surface area contributed by atoms with Crippen molar-refractivity contribution in [2.24, 2.45) is 0 Å². The molecule has 2 heterocycles. The van der Waals surface area contributed by atoms with E-state index in [4.69, 9.17) is 4.52 Å². The van der Waals surface area contributed by atoms with Gasteiger partial charge in [0.15, 0.2) is 0 Å². The zero-order valence-electron chi connectivity index (χ0n) is 14.3. The summed E-state index contributed by atoms with van der Waals surface area (Å²) in [5.74, 6) is 1.11. The first kappa shape index (κ1) is 15.6. The molecule has 0 radical (unpaired) electrons. The van der Waals surface area contributed by atoms with Crippen LogP contribution in [0.5, 0.6) is 0 Å². The van der Waals surface area contributed by atoms with Gasteiger partial charge in [-0.3, -0.25) is 4.79 Å². The molecule has 0 spiro atoms. The fourth-order valence-corrected chi connectivity index (χ4v) is 3.06. The first-order chi connectivity index (χ1) is 12.1. The summed E-state index contributed by atoms with van der Waals surface area (Å²) < 4.78 is 6.98. The number of carbonyl (C=O) groups excluding carboxylic acids is 1. The molecular formula is C19H20N4O2. The molecule has 1 amide bonds. The summed E-state index contributed by atoms with van der Waals surface area (Å²) in [6.45, 7) is 2.25. The fraction of sp³-hybridized carbons (Fsp3) is 0.316. The molecule has 1 aliphatic rings. The van der Waals surface area contributed by atoms with Crippen LogP contribution in [0.25, 0.3) is 5.69 Å². The number of aryl methyl sites for hydroxylation is 1. The van der Waals surface area contributed by atoms with E-state index in [0.717, 1.165) is 35.7 Å². The minimum Gasteiger partial charge on any atom is -0.361 e. The summed E-state index contributed by atoms with van der Waals surface area (Å²) >= 11 is 0. The van der Waals surface area contributed by atoms with Gasteiger partial charge in [0.1, 0.15) is 11.5 Å². The zero-order valence-corrected chi connectivity index (χ0v) is 14.3. The zero-order chi connectivity index (χ0) is 17.4. The molecule has 25 heavy (non-hydrogen) atoms. The molecule has 128 valence electrons. The van der Waals surface area contributed by atoms with E-state index in [2.05, 4.69) is 10.3 Å². The molecule has 2 aromatic heterocycles. The lowest BCUT2D eigenvalue weighted by atomic mass is 10.1. The van der Waals surface area contributed by atoms with E-state index in [9.17, 15) is 4.79 Å². The molecule has 1 aliphatic carbocycles. The molecule has 0 bridgehead atoms. The van der Waals surface area contributed by atoms with Gasteiger partial charge in [-0.15, -0.1) is 0 Å². The number of benzene rings is 1. The first-order valence-corrected chi connectivity index (χ1v) is 8.44. The number of hydrogen-bond donors (Lipinski definition) is 0. The van der Waals surface area contributed by atoms with E-state index < -0.39 is 0 Å². The highest BCUT2D eigenvalue weighted by molar-refractivity contribution is 5.95. The quantitative estimate of drug-likeness (QED) is 0.717. The van der Waals surface area contributed by atoms with Crippen molar-refractivity contribution in [3.8, 4) is 5.69 Å². The molecule has 0 N–H and O–H groups in total. The number of nitrogens with zero attached hydrogens (tertiary/aromatic N) is 4. The highest BCUT2D eigenvalue weighted by atomic mass is 16.5. The van der Waals surface area contributed by atoms with Crippen LogP contribution in [0.1, 0.15) is 46.3 Å². The number of aromatic nitrogens is 3. The van der Waals surface area contributed by atoms with E-state index in [-0.39, 0.29) is 5.91 Å². The number of rotatable bonds is 5. The van der Waals surface area contributed by atoms with Crippen molar-refractivity contribution in [3.05, 3.63) is 65.3 Å². The summed E-state index contributed by atoms with van der Waals surface area (Å²) in [6, 6.07) is 11.8. The number of carbonyl (C=O) groups is 1. The van der Waals surface area contributed by atoms with Crippen LogP contribution >= 0.6 is 0 Å². The smallest absolute Gasteiger partial charge is 0.257 e. The Morgan fingerprint density at radius 2 is 2.08 bits per heavy atom. The maximum absolute atomic E-state index is 13.0. The Morgan fingerprint density at radius 3 is 2.72 bits per heavy atom. The first-order valence-electron chi connectivity index (χ1n) is 8.44. The van der Waals surface area contributed by atoms with Gasteiger partial charge in [0.05, 0.1) is 29.7 Å². The van der Waals surface area contributed by atoms with Crippen molar-refractivity contribution in [2.75, 3.05) is 7.05 Å². The van der Waals surface area contributed by atoms with Crippen LogP contribution in [0.3, 0.4) is 0 Å². The molecule has 0 saturated heterocycles. The third kappa shape index (κ3) is 3.07. The van der Waals surface area contributed by atoms with E-state index >= 15 is 0 Å². The van der Waals surface area contributed by atoms with Gasteiger partial charge in [0, 0.05) is 19.0 Å². The summed E-state index contributed by atoms with van der Waals surface area (Å²) in [5, 5.41) is 8.46. The van der Waals surface area contributed by atoms with Gasteiger partial charge in [-0.1, -0.05) is 23.4 Å². The largest absolute Gasteiger partial charge is 0.361 e. The average molecular weight is 336 g/mol. The van der Waals surface area contributed by atoms with Crippen LogP contribution in [0.4, 0.5) is 0 Å². The molecule has 6 nitrogen and oxygen atoms in total. The Morgan fingerprint density at radius 1 is 1.32 bits per heavy atom. The van der Waals surface area contributed by atoms with Crippen LogP contribution in [0.2, 0.25) is 0 Å². The Balaban J connectivity index is 1.63. The van der Waals surface area contributed by atoms with Crippen molar-refractivity contribution in [1.29, 1.82) is 0 Å². The van der Waals surface area contributed by atoms with Crippen LogP contribution in [-0.4, -0.2) is 32.8 Å². The second kappa shape index (κ2) is 6.20. The molecule has 1 saturated carbocycles. The molecule has 0 aliphatic heterocycles. The molecule has 0 atom stereocenters. The van der Waals surface area contributed by atoms with Crippen LogP contribution in [0, 0.1) is 6.92 Å². The van der Waals surface area contributed by atoms with E-state index in [1.165, 1.54) is 0 Å². The van der Waals surface area contributed by atoms with Gasteiger partial charge >= 0.3 is 0 Å². The maximum atomic E-state index is 13.0. The average Bonchev–Trinajstić information content (AvgIpc) is 3.24. The van der Waals surface area contributed by atoms with E-state index in [1.54, 1.807) is 18.1 Å². The molecule has 6 heteroatoms. The van der Waals surface area contributed by atoms with Crippen molar-refractivity contribution in [1.82, 2.24) is 19.8 Å². The summed E-state index contributed by atoms with van der Waals surface area (Å²) in [7, 11) is 1.78. The van der Waals surface area contributed by atoms with Crippen molar-refractivity contribution >= 4 is 5.91 Å². The highest BCUT2D eigenvalue weighted by Crippen LogP contribution is 2.42. The topological polar surface area (TPSA) is 64.2 Å². The summed E-state index contributed by atoms with van der Waals surface area (Å²) in [6.07, 6.45) is 3.89. The van der Waals surface area contributed by atoms with Crippen molar-refractivity contribution in [3.63, 3.8) is 0 Å². The fourth-order valence-electron chi connectivity index (χ4n) is 3.06. The SMILES string of the molecule is Cc1cc(CN(C)C(=O)c2cnn(-c3ccccc3)c2C2CC2)no1. The molecule has 4 rings (SSSR count). The highest BCUT2D eigenvalue weighted by Gasteiger charge is 2.33. The third-order valence-electron chi connectivity index (χ3n) is 4.42. The maximum Gasteiger partial charge on any atom is 0.257 e. The Hall–Kier alpha value is -2.89. The van der Waals surface area contributed by atoms with Gasteiger partial charge in [-0.05, 0) is 31.9 Å².